The zero-order chi connectivity index (χ0) is 35.1. The summed E-state index contributed by atoms with van der Waals surface area (Å²) in [6.07, 6.45) is -1.34. The van der Waals surface area contributed by atoms with Crippen LogP contribution in [0.15, 0.2) is 42.6 Å². The molecule has 2 aromatic heterocycles. The van der Waals surface area contributed by atoms with Crippen molar-refractivity contribution in [2.24, 2.45) is 5.73 Å². The molecule has 0 bridgehead atoms. The number of nitrogens with one attached hydrogen (secondary N) is 3. The molecule has 0 radical (unpaired) electrons. The predicted molar refractivity (Wildman–Crippen MR) is 179 cm³/mol. The number of anilines is 2. The number of nitrogens with two attached hydrogens (primary N) is 1. The van der Waals surface area contributed by atoms with Gasteiger partial charge in [-0.15, -0.1) is 0 Å². The van der Waals surface area contributed by atoms with Crippen LogP contribution >= 0.6 is 0 Å². The van der Waals surface area contributed by atoms with Crippen LogP contribution in [-0.4, -0.2) is 89.3 Å². The normalized spacial score (nSPS) is 14.8. The molecule has 256 valence electrons. The summed E-state index contributed by atoms with van der Waals surface area (Å²) in [5.74, 6) is 5.78. The third-order valence-electron chi connectivity index (χ3n) is 8.23. The van der Waals surface area contributed by atoms with E-state index in [0.717, 1.165) is 18.5 Å². The van der Waals surface area contributed by atoms with Crippen molar-refractivity contribution in [2.45, 2.75) is 63.8 Å². The number of benzene rings is 1. The van der Waals surface area contributed by atoms with Crippen LogP contribution in [0.4, 0.5) is 29.3 Å². The first-order valence-corrected chi connectivity index (χ1v) is 15.7. The first-order chi connectivity index (χ1) is 22.6. The minimum Gasteiger partial charge on any atom is -0.382 e. The van der Waals surface area contributed by atoms with Gasteiger partial charge in [0.2, 0.25) is 5.91 Å². The number of halogens is 3. The number of hydrogen-bond acceptors (Lipinski definition) is 7. The molecule has 1 aliphatic rings. The van der Waals surface area contributed by atoms with Crippen molar-refractivity contribution < 1.29 is 22.8 Å². The summed E-state index contributed by atoms with van der Waals surface area (Å²) >= 11 is 0. The summed E-state index contributed by atoms with van der Waals surface area (Å²) in [6.45, 7) is 6.29. The standard InChI is InChI=1S/C34H42F3N9O2/c1-23(42-32(39)48)19-44(4)31(47)20-45-15-12-24(13-16-45)43-28-8-5-9-29-27(28)17-26(46(29)22-34(35,36)37)7-6-14-40-25-10-11-30(41-18-25)33(2,3)21-38/h5,8-11,17-18,23-24,40,43H,12-16,19-20,22H2,1-4H3,(H3,39,42,48). The smallest absolute Gasteiger partial charge is 0.382 e. The lowest BCUT2D eigenvalue weighted by molar-refractivity contribution is -0.140. The van der Waals surface area contributed by atoms with Crippen LogP contribution in [0.2, 0.25) is 0 Å². The number of pyridine rings is 1. The minimum absolute atomic E-state index is 0.0617. The number of carbonyl (C=O) groups excluding carboxylic acids is 2. The number of amides is 3. The Morgan fingerprint density at radius 3 is 2.54 bits per heavy atom. The van der Waals surface area contributed by atoms with Crippen LogP contribution in [0.5, 0.6) is 0 Å². The van der Waals surface area contributed by atoms with E-state index in [0.29, 0.717) is 41.9 Å². The Labute approximate surface area is 278 Å². The second-order valence-electron chi connectivity index (χ2n) is 12.7. The lowest BCUT2D eigenvalue weighted by Crippen LogP contribution is -2.48. The number of likely N-dealkylation sites (tertiary alicyclic amines) is 1. The molecule has 4 rings (SSSR count). The molecule has 1 aliphatic heterocycles. The van der Waals surface area contributed by atoms with Crippen molar-refractivity contribution in [3.05, 3.63) is 54.0 Å². The number of hydrogen-bond donors (Lipinski definition) is 4. The second-order valence-corrected chi connectivity index (χ2v) is 12.7. The number of alkyl halides is 3. The highest BCUT2D eigenvalue weighted by Crippen LogP contribution is 2.31. The van der Waals surface area contributed by atoms with Crippen LogP contribution in [0.25, 0.3) is 10.9 Å². The Bertz CT molecular complexity index is 1690. The van der Waals surface area contributed by atoms with E-state index < -0.39 is 24.2 Å². The number of aromatic nitrogens is 2. The molecular formula is C34H42F3N9O2. The zero-order valence-corrected chi connectivity index (χ0v) is 27.6. The fraction of sp³-hybridized carbons (Fsp3) is 0.471. The fourth-order valence-electron chi connectivity index (χ4n) is 5.64. The first kappa shape index (κ1) is 35.9. The minimum atomic E-state index is -4.44. The van der Waals surface area contributed by atoms with Crippen molar-refractivity contribution in [3.8, 4) is 17.9 Å². The topological polar surface area (TPSA) is 144 Å². The highest BCUT2D eigenvalue weighted by molar-refractivity contribution is 5.94. The maximum Gasteiger partial charge on any atom is 0.406 e. The molecule has 1 aromatic carbocycles. The highest BCUT2D eigenvalue weighted by atomic mass is 19.4. The zero-order valence-electron chi connectivity index (χ0n) is 27.6. The van der Waals surface area contributed by atoms with E-state index >= 15 is 0 Å². The van der Waals surface area contributed by atoms with Crippen LogP contribution in [0.3, 0.4) is 0 Å². The number of fused-ring (bicyclic) bond motifs is 1. The van der Waals surface area contributed by atoms with E-state index in [2.05, 4.69) is 43.7 Å². The largest absolute Gasteiger partial charge is 0.406 e. The Balaban J connectivity index is 1.41. The van der Waals surface area contributed by atoms with Gasteiger partial charge in [0.25, 0.3) is 0 Å². The van der Waals surface area contributed by atoms with Gasteiger partial charge in [0.05, 0.1) is 53.4 Å². The molecule has 5 N–H and O–H groups in total. The van der Waals surface area contributed by atoms with Gasteiger partial charge < -0.3 is 31.2 Å². The third-order valence-corrected chi connectivity index (χ3v) is 8.23. The van der Waals surface area contributed by atoms with Crippen molar-refractivity contribution in [2.75, 3.05) is 50.4 Å². The summed E-state index contributed by atoms with van der Waals surface area (Å²) in [4.78, 5) is 31.8. The molecule has 11 nitrogen and oxygen atoms in total. The molecular weight excluding hydrogens is 623 g/mol. The van der Waals surface area contributed by atoms with E-state index in [1.807, 2.05) is 6.07 Å². The molecule has 1 atom stereocenters. The number of piperidine rings is 1. The fourth-order valence-corrected chi connectivity index (χ4v) is 5.64. The summed E-state index contributed by atoms with van der Waals surface area (Å²) in [6, 6.07) is 11.9. The molecule has 3 aromatic rings. The molecule has 0 saturated carbocycles. The van der Waals surface area contributed by atoms with Gasteiger partial charge in [0, 0.05) is 49.8 Å². The predicted octanol–water partition coefficient (Wildman–Crippen LogP) is 4.25. The van der Waals surface area contributed by atoms with Crippen molar-refractivity contribution >= 4 is 34.2 Å². The molecule has 48 heavy (non-hydrogen) atoms. The van der Waals surface area contributed by atoms with Gasteiger partial charge in [0.1, 0.15) is 6.54 Å². The first-order valence-electron chi connectivity index (χ1n) is 15.7. The lowest BCUT2D eigenvalue weighted by Gasteiger charge is -2.33. The van der Waals surface area contributed by atoms with Gasteiger partial charge in [-0.3, -0.25) is 14.7 Å². The number of primary amides is 1. The SMILES string of the molecule is CC(CN(C)C(=O)CN1CCC(Nc2cccc3c2cc(C#CCNc2ccc(C(C)(C)C#N)nc2)n3CC(F)(F)F)CC1)NC(N)=O. The molecule has 3 amide bonds. The van der Waals surface area contributed by atoms with Crippen LogP contribution in [-0.2, 0) is 16.8 Å². The van der Waals surface area contributed by atoms with Crippen LogP contribution in [0.1, 0.15) is 45.0 Å². The van der Waals surface area contributed by atoms with E-state index in [9.17, 15) is 28.0 Å². The number of likely N-dealkylation sites (N-methyl/N-ethyl adjacent to an activating group) is 1. The van der Waals surface area contributed by atoms with E-state index in [1.54, 1.807) is 69.2 Å². The van der Waals surface area contributed by atoms with Crippen LogP contribution in [0, 0.1) is 23.2 Å². The van der Waals surface area contributed by atoms with Gasteiger partial charge in [-0.1, -0.05) is 12.0 Å². The summed E-state index contributed by atoms with van der Waals surface area (Å²) in [5.41, 5.74) is 7.15. The molecule has 14 heteroatoms. The lowest BCUT2D eigenvalue weighted by atomic mass is 9.91. The Hall–Kier alpha value is -4.95. The van der Waals surface area contributed by atoms with Gasteiger partial charge in [-0.05, 0) is 69.9 Å². The highest BCUT2D eigenvalue weighted by Gasteiger charge is 2.30. The number of rotatable bonds is 11. The number of carbonyl (C=O) groups is 2. The summed E-state index contributed by atoms with van der Waals surface area (Å²) in [5, 5.41) is 19.1. The van der Waals surface area contributed by atoms with Crippen LogP contribution < -0.4 is 21.7 Å². The molecule has 1 fully saturated rings. The Morgan fingerprint density at radius 1 is 1.19 bits per heavy atom. The van der Waals surface area contributed by atoms with Gasteiger partial charge >= 0.3 is 12.2 Å². The molecule has 0 spiro atoms. The van der Waals surface area contributed by atoms with E-state index in [4.69, 9.17) is 5.73 Å². The maximum absolute atomic E-state index is 13.7. The third kappa shape index (κ3) is 9.78. The average Bonchev–Trinajstić information content (AvgIpc) is 3.36. The Morgan fingerprint density at radius 2 is 1.92 bits per heavy atom. The second kappa shape index (κ2) is 15.3. The van der Waals surface area contributed by atoms with Crippen molar-refractivity contribution in [3.63, 3.8) is 0 Å². The van der Waals surface area contributed by atoms with Gasteiger partial charge in [-0.2, -0.15) is 18.4 Å². The number of urea groups is 1. The number of nitriles is 1. The molecule has 1 saturated heterocycles. The van der Waals surface area contributed by atoms with Gasteiger partial charge in [0.15, 0.2) is 0 Å². The van der Waals surface area contributed by atoms with E-state index in [-0.39, 0.29) is 36.8 Å². The Kier molecular flexibility index (Phi) is 11.4. The van der Waals surface area contributed by atoms with Gasteiger partial charge in [-0.25, -0.2) is 4.79 Å². The van der Waals surface area contributed by atoms with Crippen molar-refractivity contribution in [1.82, 2.24) is 24.7 Å². The maximum atomic E-state index is 13.7. The van der Waals surface area contributed by atoms with E-state index in [1.165, 1.54) is 4.57 Å². The molecule has 0 aliphatic carbocycles. The quantitative estimate of drug-likeness (QED) is 0.224. The summed E-state index contributed by atoms with van der Waals surface area (Å²) in [7, 11) is 1.69. The van der Waals surface area contributed by atoms with Crippen molar-refractivity contribution in [1.29, 1.82) is 5.26 Å². The molecule has 1 unspecified atom stereocenters. The number of nitrogens with zero attached hydrogens (tertiary/aromatic N) is 5. The molecule has 3 heterocycles. The monoisotopic (exact) mass is 665 g/mol. The summed E-state index contributed by atoms with van der Waals surface area (Å²) < 4.78 is 42.2. The average molecular weight is 666 g/mol.